The van der Waals surface area contributed by atoms with Crippen LogP contribution in [0.3, 0.4) is 0 Å². The smallest absolute Gasteiger partial charge is 0.330 e. The fourth-order valence-corrected chi connectivity index (χ4v) is 2.07. The molecule has 0 saturated heterocycles. The monoisotopic (exact) mass is 303 g/mol. The molecule has 2 rings (SSSR count). The molecule has 7 heteroatoms. The van der Waals surface area contributed by atoms with Crippen LogP contribution in [-0.4, -0.2) is 31.9 Å². The lowest BCUT2D eigenvalue weighted by molar-refractivity contribution is -0.139. The number of nitrogens with zero attached hydrogens (tertiary/aromatic N) is 2. The molecule has 0 aliphatic heterocycles. The summed E-state index contributed by atoms with van der Waals surface area (Å²) in [6.07, 6.45) is 1.49. The van der Waals surface area contributed by atoms with Gasteiger partial charge < -0.3 is 15.5 Å². The van der Waals surface area contributed by atoms with Crippen molar-refractivity contribution in [3.8, 4) is 5.75 Å². The van der Waals surface area contributed by atoms with E-state index in [4.69, 9.17) is 0 Å². The lowest BCUT2D eigenvalue weighted by Crippen LogP contribution is -2.35. The molecule has 0 unspecified atom stereocenters. The summed E-state index contributed by atoms with van der Waals surface area (Å²) in [5, 5.41) is 25.1. The molecule has 1 amide bonds. The molecule has 7 nitrogen and oxygen atoms in total. The fourth-order valence-electron chi connectivity index (χ4n) is 2.07. The van der Waals surface area contributed by atoms with Gasteiger partial charge in [-0.25, -0.2) is 4.79 Å². The second kappa shape index (κ2) is 6.30. The van der Waals surface area contributed by atoms with Gasteiger partial charge in [0.05, 0.1) is 0 Å². The summed E-state index contributed by atoms with van der Waals surface area (Å²) >= 11 is 0. The largest absolute Gasteiger partial charge is 0.508 e. The number of aromatic hydroxyl groups is 1. The third kappa shape index (κ3) is 3.25. The Labute approximate surface area is 127 Å². The van der Waals surface area contributed by atoms with Gasteiger partial charge in [-0.1, -0.05) is 12.1 Å². The van der Waals surface area contributed by atoms with Crippen molar-refractivity contribution in [2.45, 2.75) is 25.9 Å². The number of carbonyl (C=O) groups is 2. The molecular formula is C15H17N3O4. The van der Waals surface area contributed by atoms with Gasteiger partial charge in [0.15, 0.2) is 6.04 Å². The Morgan fingerprint density at radius 1 is 1.18 bits per heavy atom. The van der Waals surface area contributed by atoms with Crippen LogP contribution in [-0.2, 0) is 4.79 Å². The molecule has 1 aromatic carbocycles. The zero-order chi connectivity index (χ0) is 16.3. The molecule has 2 aromatic rings. The first-order valence-electron chi connectivity index (χ1n) is 6.76. The zero-order valence-electron chi connectivity index (χ0n) is 12.2. The Hall–Kier alpha value is -2.83. The fraction of sp³-hybridized carbons (Fsp3) is 0.267. The number of rotatable bonds is 5. The molecular weight excluding hydrogens is 286 g/mol. The second-order valence-corrected chi connectivity index (χ2v) is 5.09. The van der Waals surface area contributed by atoms with E-state index in [0.717, 1.165) is 0 Å². The minimum absolute atomic E-state index is 0.0206. The molecule has 0 bridgehead atoms. The van der Waals surface area contributed by atoms with Crippen molar-refractivity contribution in [3.63, 3.8) is 0 Å². The van der Waals surface area contributed by atoms with Gasteiger partial charge in [0.1, 0.15) is 11.4 Å². The maximum Gasteiger partial charge on any atom is 0.330 e. The molecule has 1 heterocycles. The van der Waals surface area contributed by atoms with Crippen LogP contribution in [0.4, 0.5) is 0 Å². The number of phenols is 1. The highest BCUT2D eigenvalue weighted by molar-refractivity contribution is 5.95. The normalized spacial score (nSPS) is 12.1. The predicted molar refractivity (Wildman–Crippen MR) is 78.6 cm³/mol. The van der Waals surface area contributed by atoms with Crippen molar-refractivity contribution in [2.24, 2.45) is 0 Å². The summed E-state index contributed by atoms with van der Waals surface area (Å²) < 4.78 is 1.52. The molecule has 0 spiro atoms. The first kappa shape index (κ1) is 15.6. The van der Waals surface area contributed by atoms with Gasteiger partial charge in [0.25, 0.3) is 5.91 Å². The number of benzene rings is 1. The standard InChI is InChI=1S/C15H17N3O4/c1-9(2)18-12(7-8-16-18)14(20)17-13(15(21)22)10-3-5-11(19)6-4-10/h3-9,13,19H,1-2H3,(H,17,20)(H,21,22)/t13-/m1/s1. The molecule has 1 atom stereocenters. The van der Waals surface area contributed by atoms with E-state index >= 15 is 0 Å². The van der Waals surface area contributed by atoms with Crippen LogP contribution >= 0.6 is 0 Å². The molecule has 0 aliphatic rings. The molecule has 0 saturated carbocycles. The summed E-state index contributed by atoms with van der Waals surface area (Å²) in [6, 6.07) is 5.95. The quantitative estimate of drug-likeness (QED) is 0.780. The SMILES string of the molecule is CC(C)n1nccc1C(=O)N[C@@H](C(=O)O)c1ccc(O)cc1. The van der Waals surface area contributed by atoms with Crippen molar-refractivity contribution in [3.05, 3.63) is 47.8 Å². The van der Waals surface area contributed by atoms with Gasteiger partial charge in [-0.2, -0.15) is 5.10 Å². The Balaban J connectivity index is 2.24. The minimum Gasteiger partial charge on any atom is -0.508 e. The molecule has 116 valence electrons. The Bertz CT molecular complexity index is 676. The maximum absolute atomic E-state index is 12.3. The molecule has 0 aliphatic carbocycles. The number of carbonyl (C=O) groups excluding carboxylic acids is 1. The number of hydrogen-bond acceptors (Lipinski definition) is 4. The van der Waals surface area contributed by atoms with Crippen LogP contribution in [0, 0.1) is 0 Å². The van der Waals surface area contributed by atoms with Crippen LogP contribution in [0.1, 0.15) is 42.0 Å². The molecule has 0 radical (unpaired) electrons. The van der Waals surface area contributed by atoms with E-state index in [1.165, 1.54) is 41.2 Å². The summed E-state index contributed by atoms with van der Waals surface area (Å²) in [5.41, 5.74) is 0.661. The van der Waals surface area contributed by atoms with Crippen molar-refractivity contribution in [2.75, 3.05) is 0 Å². The number of amides is 1. The summed E-state index contributed by atoms with van der Waals surface area (Å²) in [7, 11) is 0. The van der Waals surface area contributed by atoms with Gasteiger partial charge in [0, 0.05) is 12.2 Å². The van der Waals surface area contributed by atoms with E-state index in [2.05, 4.69) is 10.4 Å². The van der Waals surface area contributed by atoms with Crippen LogP contribution in [0.5, 0.6) is 5.75 Å². The average Bonchev–Trinajstić information content (AvgIpc) is 2.95. The van der Waals surface area contributed by atoms with E-state index in [1.807, 2.05) is 13.8 Å². The highest BCUT2D eigenvalue weighted by Gasteiger charge is 2.24. The van der Waals surface area contributed by atoms with Crippen molar-refractivity contribution >= 4 is 11.9 Å². The number of aliphatic carboxylic acids is 1. The third-order valence-electron chi connectivity index (χ3n) is 3.14. The topological polar surface area (TPSA) is 104 Å². The lowest BCUT2D eigenvalue weighted by Gasteiger charge is -2.16. The van der Waals surface area contributed by atoms with E-state index in [-0.39, 0.29) is 11.8 Å². The average molecular weight is 303 g/mol. The Morgan fingerprint density at radius 3 is 2.36 bits per heavy atom. The van der Waals surface area contributed by atoms with Crippen molar-refractivity contribution in [1.29, 1.82) is 0 Å². The number of carboxylic acids is 1. The summed E-state index contributed by atoms with van der Waals surface area (Å²) in [4.78, 5) is 23.7. The number of nitrogens with one attached hydrogen (secondary N) is 1. The summed E-state index contributed by atoms with van der Waals surface area (Å²) in [6.45, 7) is 3.75. The number of carboxylic acid groups (broad SMARTS) is 1. The van der Waals surface area contributed by atoms with E-state index < -0.39 is 17.9 Å². The Kier molecular flexibility index (Phi) is 4.45. The number of hydrogen-bond donors (Lipinski definition) is 3. The van der Waals surface area contributed by atoms with Crippen LogP contribution in [0.2, 0.25) is 0 Å². The Morgan fingerprint density at radius 2 is 1.82 bits per heavy atom. The highest BCUT2D eigenvalue weighted by Crippen LogP contribution is 2.18. The van der Waals surface area contributed by atoms with Crippen LogP contribution < -0.4 is 5.32 Å². The highest BCUT2D eigenvalue weighted by atomic mass is 16.4. The van der Waals surface area contributed by atoms with E-state index in [0.29, 0.717) is 11.3 Å². The first-order valence-corrected chi connectivity index (χ1v) is 6.76. The second-order valence-electron chi connectivity index (χ2n) is 5.09. The van der Waals surface area contributed by atoms with Crippen LogP contribution in [0.25, 0.3) is 0 Å². The molecule has 0 fully saturated rings. The van der Waals surface area contributed by atoms with Crippen molar-refractivity contribution < 1.29 is 19.8 Å². The van der Waals surface area contributed by atoms with Gasteiger partial charge in [0.2, 0.25) is 0 Å². The van der Waals surface area contributed by atoms with Crippen LogP contribution in [0.15, 0.2) is 36.5 Å². The first-order chi connectivity index (χ1) is 10.4. The molecule has 22 heavy (non-hydrogen) atoms. The molecule has 3 N–H and O–H groups in total. The number of phenolic OH excluding ortho intramolecular Hbond substituents is 1. The number of aromatic nitrogens is 2. The molecule has 1 aromatic heterocycles. The minimum atomic E-state index is -1.20. The lowest BCUT2D eigenvalue weighted by atomic mass is 10.1. The maximum atomic E-state index is 12.3. The van der Waals surface area contributed by atoms with Gasteiger partial charge in [-0.3, -0.25) is 9.48 Å². The van der Waals surface area contributed by atoms with Gasteiger partial charge >= 0.3 is 5.97 Å². The zero-order valence-corrected chi connectivity index (χ0v) is 12.2. The predicted octanol–water partition coefficient (Wildman–Crippen LogP) is 1.73. The van der Waals surface area contributed by atoms with Crippen molar-refractivity contribution in [1.82, 2.24) is 15.1 Å². The van der Waals surface area contributed by atoms with Gasteiger partial charge in [-0.05, 0) is 37.6 Å². The third-order valence-corrected chi connectivity index (χ3v) is 3.14. The van der Waals surface area contributed by atoms with Gasteiger partial charge in [-0.15, -0.1) is 0 Å². The summed E-state index contributed by atoms with van der Waals surface area (Å²) in [5.74, 6) is -1.68. The van der Waals surface area contributed by atoms with E-state index in [9.17, 15) is 19.8 Å². The van der Waals surface area contributed by atoms with E-state index in [1.54, 1.807) is 0 Å².